The SMILES string of the molecule is CCN(C)CCNC(=NC)NCCCOC1CCOC1.I. The van der Waals surface area contributed by atoms with Crippen molar-refractivity contribution in [3.8, 4) is 0 Å². The maximum Gasteiger partial charge on any atom is 0.191 e. The second kappa shape index (κ2) is 13.5. The van der Waals surface area contributed by atoms with Gasteiger partial charge >= 0.3 is 0 Å². The van der Waals surface area contributed by atoms with Crippen molar-refractivity contribution in [1.82, 2.24) is 15.5 Å². The summed E-state index contributed by atoms with van der Waals surface area (Å²) in [6.45, 7) is 8.38. The van der Waals surface area contributed by atoms with Gasteiger partial charge in [-0.05, 0) is 26.4 Å². The zero-order chi connectivity index (χ0) is 14.6. The molecular weight excluding hydrogens is 383 g/mol. The molecular formula is C14H31IN4O2. The summed E-state index contributed by atoms with van der Waals surface area (Å²) in [7, 11) is 3.91. The van der Waals surface area contributed by atoms with Gasteiger partial charge in [0.05, 0.1) is 12.7 Å². The number of nitrogens with zero attached hydrogens (tertiary/aromatic N) is 2. The lowest BCUT2D eigenvalue weighted by Gasteiger charge is -2.16. The summed E-state index contributed by atoms with van der Waals surface area (Å²) in [6.07, 6.45) is 2.31. The Labute approximate surface area is 146 Å². The van der Waals surface area contributed by atoms with Crippen LogP contribution in [0.2, 0.25) is 0 Å². The van der Waals surface area contributed by atoms with Crippen molar-refractivity contribution in [3.63, 3.8) is 0 Å². The molecule has 0 saturated carbocycles. The van der Waals surface area contributed by atoms with Crippen LogP contribution in [0.5, 0.6) is 0 Å². The molecule has 0 bridgehead atoms. The Balaban J connectivity index is 0.00000400. The normalized spacial score (nSPS) is 18.7. The Bertz CT molecular complexity index is 274. The Morgan fingerprint density at radius 3 is 2.76 bits per heavy atom. The average molecular weight is 414 g/mol. The highest BCUT2D eigenvalue weighted by Crippen LogP contribution is 2.07. The van der Waals surface area contributed by atoms with Gasteiger partial charge in [0.2, 0.25) is 0 Å². The van der Waals surface area contributed by atoms with Crippen LogP contribution >= 0.6 is 24.0 Å². The van der Waals surface area contributed by atoms with E-state index < -0.39 is 0 Å². The molecule has 1 rings (SSSR count). The third-order valence-corrected chi connectivity index (χ3v) is 3.40. The molecule has 2 N–H and O–H groups in total. The predicted molar refractivity (Wildman–Crippen MR) is 97.7 cm³/mol. The predicted octanol–water partition coefficient (Wildman–Crippen LogP) is 0.917. The molecule has 7 heteroatoms. The second-order valence-corrected chi connectivity index (χ2v) is 5.03. The van der Waals surface area contributed by atoms with Gasteiger partial charge in [-0.2, -0.15) is 0 Å². The van der Waals surface area contributed by atoms with Gasteiger partial charge in [-0.1, -0.05) is 6.92 Å². The van der Waals surface area contributed by atoms with E-state index in [9.17, 15) is 0 Å². The smallest absolute Gasteiger partial charge is 0.191 e. The molecule has 1 heterocycles. The fourth-order valence-electron chi connectivity index (χ4n) is 1.92. The van der Waals surface area contributed by atoms with E-state index in [1.807, 2.05) is 0 Å². The van der Waals surface area contributed by atoms with Crippen LogP contribution in [0.25, 0.3) is 0 Å². The molecule has 0 aromatic carbocycles. The number of likely N-dealkylation sites (N-methyl/N-ethyl adjacent to an activating group) is 1. The van der Waals surface area contributed by atoms with E-state index in [-0.39, 0.29) is 24.0 Å². The third-order valence-electron chi connectivity index (χ3n) is 3.40. The first-order valence-corrected chi connectivity index (χ1v) is 7.58. The van der Waals surface area contributed by atoms with Gasteiger partial charge < -0.3 is 25.0 Å². The lowest BCUT2D eigenvalue weighted by Crippen LogP contribution is -2.41. The molecule has 1 aliphatic heterocycles. The quantitative estimate of drug-likeness (QED) is 0.254. The molecule has 1 unspecified atom stereocenters. The highest BCUT2D eigenvalue weighted by molar-refractivity contribution is 14.0. The number of aliphatic imine (C=N–C) groups is 1. The average Bonchev–Trinajstić information content (AvgIpc) is 2.98. The van der Waals surface area contributed by atoms with Gasteiger partial charge in [0.25, 0.3) is 0 Å². The number of halogens is 1. The van der Waals surface area contributed by atoms with E-state index in [0.717, 1.165) is 64.8 Å². The van der Waals surface area contributed by atoms with Gasteiger partial charge in [-0.25, -0.2) is 0 Å². The molecule has 1 atom stereocenters. The fourth-order valence-corrected chi connectivity index (χ4v) is 1.92. The van der Waals surface area contributed by atoms with Crippen molar-refractivity contribution >= 4 is 29.9 Å². The molecule has 1 saturated heterocycles. The molecule has 1 fully saturated rings. The highest BCUT2D eigenvalue weighted by atomic mass is 127. The summed E-state index contributed by atoms with van der Waals surface area (Å²) in [5.41, 5.74) is 0. The van der Waals surface area contributed by atoms with E-state index >= 15 is 0 Å². The Morgan fingerprint density at radius 2 is 2.14 bits per heavy atom. The van der Waals surface area contributed by atoms with Crippen molar-refractivity contribution in [2.75, 3.05) is 60.1 Å². The molecule has 0 radical (unpaired) electrons. The number of ether oxygens (including phenoxy) is 2. The first kappa shape index (κ1) is 20.9. The van der Waals surface area contributed by atoms with Crippen molar-refractivity contribution < 1.29 is 9.47 Å². The summed E-state index contributed by atoms with van der Waals surface area (Å²) in [5.74, 6) is 0.860. The fraction of sp³-hybridized carbons (Fsp3) is 0.929. The number of guanidine groups is 1. The minimum Gasteiger partial charge on any atom is -0.379 e. The first-order valence-electron chi connectivity index (χ1n) is 7.58. The number of hydrogen-bond donors (Lipinski definition) is 2. The first-order chi connectivity index (χ1) is 9.76. The van der Waals surface area contributed by atoms with E-state index in [2.05, 4.69) is 34.5 Å². The number of rotatable bonds is 9. The summed E-state index contributed by atoms with van der Waals surface area (Å²) in [6, 6.07) is 0. The third kappa shape index (κ3) is 10.3. The van der Waals surface area contributed by atoms with Crippen LogP contribution < -0.4 is 10.6 Å². The molecule has 126 valence electrons. The van der Waals surface area contributed by atoms with Crippen LogP contribution in [0.3, 0.4) is 0 Å². The van der Waals surface area contributed by atoms with Crippen molar-refractivity contribution in [2.45, 2.75) is 25.9 Å². The van der Waals surface area contributed by atoms with E-state index in [1.165, 1.54) is 0 Å². The molecule has 6 nitrogen and oxygen atoms in total. The molecule has 0 aliphatic carbocycles. The highest BCUT2D eigenvalue weighted by Gasteiger charge is 2.15. The minimum atomic E-state index is 0. The van der Waals surface area contributed by atoms with Crippen LogP contribution in [-0.4, -0.2) is 77.1 Å². The van der Waals surface area contributed by atoms with Crippen LogP contribution in [0.4, 0.5) is 0 Å². The van der Waals surface area contributed by atoms with Crippen LogP contribution in [-0.2, 0) is 9.47 Å². The molecule has 0 amide bonds. The summed E-state index contributed by atoms with van der Waals surface area (Å²) in [5, 5.41) is 6.60. The van der Waals surface area contributed by atoms with E-state index in [0.29, 0.717) is 6.10 Å². The Morgan fingerprint density at radius 1 is 1.38 bits per heavy atom. The van der Waals surface area contributed by atoms with E-state index in [1.54, 1.807) is 7.05 Å². The number of nitrogens with one attached hydrogen (secondary N) is 2. The van der Waals surface area contributed by atoms with Gasteiger partial charge in [-0.15, -0.1) is 24.0 Å². The van der Waals surface area contributed by atoms with Gasteiger partial charge in [-0.3, -0.25) is 4.99 Å². The monoisotopic (exact) mass is 414 g/mol. The molecule has 0 spiro atoms. The molecule has 0 aromatic rings. The van der Waals surface area contributed by atoms with Crippen LogP contribution in [0.1, 0.15) is 19.8 Å². The zero-order valence-electron chi connectivity index (χ0n) is 13.6. The topological polar surface area (TPSA) is 58.1 Å². The second-order valence-electron chi connectivity index (χ2n) is 5.03. The Hall–Kier alpha value is -0.120. The summed E-state index contributed by atoms with van der Waals surface area (Å²) in [4.78, 5) is 6.46. The Kier molecular flexibility index (Phi) is 13.5. The zero-order valence-corrected chi connectivity index (χ0v) is 15.9. The van der Waals surface area contributed by atoms with Crippen molar-refractivity contribution in [1.29, 1.82) is 0 Å². The molecule has 0 aromatic heterocycles. The lowest BCUT2D eigenvalue weighted by atomic mass is 10.3. The van der Waals surface area contributed by atoms with Crippen molar-refractivity contribution in [2.24, 2.45) is 4.99 Å². The standard InChI is InChI=1S/C14H30N4O2.HI/c1-4-18(3)9-8-17-14(15-2)16-7-5-10-20-13-6-11-19-12-13;/h13H,4-12H2,1-3H3,(H2,15,16,17);1H. The summed E-state index contributed by atoms with van der Waals surface area (Å²) >= 11 is 0. The lowest BCUT2D eigenvalue weighted by molar-refractivity contribution is 0.0420. The molecule has 21 heavy (non-hydrogen) atoms. The maximum absolute atomic E-state index is 5.71. The van der Waals surface area contributed by atoms with Crippen molar-refractivity contribution in [3.05, 3.63) is 0 Å². The minimum absolute atomic E-state index is 0. The van der Waals surface area contributed by atoms with Gasteiger partial charge in [0, 0.05) is 39.9 Å². The van der Waals surface area contributed by atoms with Crippen LogP contribution in [0.15, 0.2) is 4.99 Å². The van der Waals surface area contributed by atoms with Gasteiger partial charge in [0.1, 0.15) is 0 Å². The van der Waals surface area contributed by atoms with Crippen LogP contribution in [0, 0.1) is 0 Å². The maximum atomic E-state index is 5.71. The summed E-state index contributed by atoms with van der Waals surface area (Å²) < 4.78 is 11.0. The molecule has 1 aliphatic rings. The van der Waals surface area contributed by atoms with Gasteiger partial charge in [0.15, 0.2) is 5.96 Å². The van der Waals surface area contributed by atoms with E-state index in [4.69, 9.17) is 9.47 Å². The number of hydrogen-bond acceptors (Lipinski definition) is 4. The largest absolute Gasteiger partial charge is 0.379 e.